The van der Waals surface area contributed by atoms with E-state index in [0.29, 0.717) is 17.6 Å². The van der Waals surface area contributed by atoms with E-state index in [2.05, 4.69) is 11.6 Å². The minimum absolute atomic E-state index is 0.0308. The molecule has 0 saturated heterocycles. The van der Waals surface area contributed by atoms with Crippen LogP contribution in [0.25, 0.3) is 0 Å². The van der Waals surface area contributed by atoms with Crippen LogP contribution in [0.5, 0.6) is 0 Å². The fourth-order valence-electron chi connectivity index (χ4n) is 2.56. The van der Waals surface area contributed by atoms with Crippen molar-refractivity contribution in [1.29, 1.82) is 0 Å². The van der Waals surface area contributed by atoms with Crippen LogP contribution in [0.4, 0.5) is 0 Å². The zero-order valence-corrected chi connectivity index (χ0v) is 12.1. The minimum atomic E-state index is -0.816. The monoisotopic (exact) mass is 280 g/mol. The van der Waals surface area contributed by atoms with Crippen molar-refractivity contribution >= 4 is 11.8 Å². The fraction of sp³-hybridized carbons (Fsp3) is 0.600. The first-order valence-electron chi connectivity index (χ1n) is 7.29. The number of unbranched alkanes of at least 4 members (excludes halogenated alkanes) is 4. The highest BCUT2D eigenvalue weighted by molar-refractivity contribution is 5.81. The van der Waals surface area contributed by atoms with Crippen LogP contribution in [0.15, 0.2) is 30.0 Å². The average molecular weight is 280 g/mol. The molecule has 1 rings (SSSR count). The molecule has 20 heavy (non-hydrogen) atoms. The molecule has 0 radical (unpaired) electrons. The lowest BCUT2D eigenvalue weighted by atomic mass is 10.1. The van der Waals surface area contributed by atoms with Crippen molar-refractivity contribution in [2.24, 2.45) is 10.7 Å². The van der Waals surface area contributed by atoms with Gasteiger partial charge in [0.05, 0.1) is 6.20 Å². The molecule has 5 heteroatoms. The molecule has 0 aromatic rings. The summed E-state index contributed by atoms with van der Waals surface area (Å²) in [5.41, 5.74) is 5.63. The Hall–Kier alpha value is -1.46. The van der Waals surface area contributed by atoms with E-state index < -0.39 is 5.97 Å². The van der Waals surface area contributed by atoms with Crippen molar-refractivity contribution in [2.75, 3.05) is 19.6 Å². The maximum absolute atomic E-state index is 11.1. The number of rotatable bonds is 11. The largest absolute Gasteiger partial charge is 0.477 e. The van der Waals surface area contributed by atoms with Crippen LogP contribution in [0.1, 0.15) is 38.5 Å². The van der Waals surface area contributed by atoms with Crippen LogP contribution in [0.2, 0.25) is 0 Å². The van der Waals surface area contributed by atoms with E-state index in [1.165, 1.54) is 12.8 Å². The number of nitrogens with two attached hydrogens (primary N) is 1. The molecule has 1 unspecified atom stereocenters. The number of carbonyl (C=O) groups is 1. The van der Waals surface area contributed by atoms with Gasteiger partial charge in [-0.1, -0.05) is 18.9 Å². The lowest BCUT2D eigenvalue weighted by molar-refractivity contribution is -0.778. The predicted octanol–water partition coefficient (Wildman–Crippen LogP) is 2.26. The summed E-state index contributed by atoms with van der Waals surface area (Å²) in [5, 5.41) is 9.10. The molecule has 1 atom stereocenters. The van der Waals surface area contributed by atoms with Gasteiger partial charge in [0.1, 0.15) is 12.7 Å². The first-order chi connectivity index (χ1) is 9.64. The zero-order chi connectivity index (χ0) is 14.8. The SMILES string of the molecule is C=CCCCCCCC1=NC=C[N+]1(CCN)CC(=O)O. The van der Waals surface area contributed by atoms with Gasteiger partial charge < -0.3 is 10.8 Å². The van der Waals surface area contributed by atoms with Gasteiger partial charge in [-0.3, -0.25) is 0 Å². The highest BCUT2D eigenvalue weighted by Gasteiger charge is 2.36. The van der Waals surface area contributed by atoms with E-state index in [0.717, 1.165) is 31.5 Å². The summed E-state index contributed by atoms with van der Waals surface area (Å²) >= 11 is 0. The van der Waals surface area contributed by atoms with E-state index >= 15 is 0 Å². The molecule has 0 bridgehead atoms. The summed E-state index contributed by atoms with van der Waals surface area (Å²) in [6.07, 6.45) is 12.0. The van der Waals surface area contributed by atoms with E-state index in [1.807, 2.05) is 12.3 Å². The van der Waals surface area contributed by atoms with Crippen LogP contribution >= 0.6 is 0 Å². The number of allylic oxidation sites excluding steroid dienone is 1. The van der Waals surface area contributed by atoms with Gasteiger partial charge in [0.15, 0.2) is 6.54 Å². The van der Waals surface area contributed by atoms with E-state index in [-0.39, 0.29) is 6.54 Å². The molecule has 0 aromatic carbocycles. The Labute approximate surface area is 121 Å². The van der Waals surface area contributed by atoms with Crippen molar-refractivity contribution < 1.29 is 14.4 Å². The van der Waals surface area contributed by atoms with Crippen molar-refractivity contribution in [3.05, 3.63) is 25.1 Å². The maximum Gasteiger partial charge on any atom is 0.360 e. The van der Waals surface area contributed by atoms with Gasteiger partial charge >= 0.3 is 5.97 Å². The number of quaternary nitrogens is 1. The number of carboxylic acid groups (broad SMARTS) is 1. The van der Waals surface area contributed by atoms with E-state index in [4.69, 9.17) is 10.8 Å². The van der Waals surface area contributed by atoms with Crippen molar-refractivity contribution in [3.63, 3.8) is 0 Å². The summed E-state index contributed by atoms with van der Waals surface area (Å²) in [6.45, 7) is 4.79. The second-order valence-electron chi connectivity index (χ2n) is 5.18. The Morgan fingerprint density at radius 3 is 2.80 bits per heavy atom. The number of hydrogen-bond acceptors (Lipinski definition) is 3. The predicted molar refractivity (Wildman–Crippen MR) is 81.2 cm³/mol. The van der Waals surface area contributed by atoms with Crippen LogP contribution in [-0.2, 0) is 4.79 Å². The number of aliphatic imine (C=N–C) groups is 1. The van der Waals surface area contributed by atoms with Crippen LogP contribution in [0.3, 0.4) is 0 Å². The zero-order valence-electron chi connectivity index (χ0n) is 12.1. The first kappa shape index (κ1) is 16.6. The highest BCUT2D eigenvalue weighted by Crippen LogP contribution is 2.20. The van der Waals surface area contributed by atoms with Gasteiger partial charge in [-0.05, 0) is 19.3 Å². The van der Waals surface area contributed by atoms with Gasteiger partial charge in [-0.25, -0.2) is 14.3 Å². The first-order valence-corrected chi connectivity index (χ1v) is 7.29. The molecule has 0 spiro atoms. The third kappa shape index (κ3) is 4.90. The lowest BCUT2D eigenvalue weighted by Crippen LogP contribution is -2.52. The van der Waals surface area contributed by atoms with Crippen LogP contribution < -0.4 is 5.73 Å². The van der Waals surface area contributed by atoms with Crippen LogP contribution in [-0.4, -0.2) is 41.0 Å². The molecular formula is C15H26N3O2+. The van der Waals surface area contributed by atoms with E-state index in [1.54, 1.807) is 6.20 Å². The molecular weight excluding hydrogens is 254 g/mol. The minimum Gasteiger partial charge on any atom is -0.477 e. The summed E-state index contributed by atoms with van der Waals surface area (Å²) in [6, 6.07) is 0. The van der Waals surface area contributed by atoms with Crippen LogP contribution in [0, 0.1) is 0 Å². The van der Waals surface area contributed by atoms with Crippen molar-refractivity contribution in [3.8, 4) is 0 Å². The molecule has 1 aliphatic rings. The molecule has 1 aliphatic heterocycles. The molecule has 0 saturated carbocycles. The standard InChI is InChI=1S/C15H25N3O2/c1-2-3-4-5-6-7-8-14-17-10-12-18(14,11-9-16)13-15(19)20/h2,10,12H,1,3-9,11,13,16H2/p+1. The summed E-state index contributed by atoms with van der Waals surface area (Å²) in [5.74, 6) is 0.116. The fourth-order valence-corrected chi connectivity index (χ4v) is 2.56. The molecule has 0 aromatic heterocycles. The Kier molecular flexibility index (Phi) is 7.18. The second kappa shape index (κ2) is 8.66. The van der Waals surface area contributed by atoms with Gasteiger partial charge in [0, 0.05) is 13.0 Å². The number of amidine groups is 1. The number of nitrogens with zero attached hydrogens (tertiary/aromatic N) is 2. The van der Waals surface area contributed by atoms with Crippen molar-refractivity contribution in [1.82, 2.24) is 0 Å². The number of hydrogen-bond donors (Lipinski definition) is 2. The lowest BCUT2D eigenvalue weighted by Gasteiger charge is -2.30. The number of carboxylic acids is 1. The van der Waals surface area contributed by atoms with Crippen molar-refractivity contribution in [2.45, 2.75) is 38.5 Å². The maximum atomic E-state index is 11.1. The smallest absolute Gasteiger partial charge is 0.360 e. The normalized spacial score (nSPS) is 20.9. The highest BCUT2D eigenvalue weighted by atomic mass is 16.4. The molecule has 1 heterocycles. The molecule has 112 valence electrons. The average Bonchev–Trinajstić information content (AvgIpc) is 2.76. The Morgan fingerprint density at radius 2 is 2.15 bits per heavy atom. The molecule has 0 amide bonds. The Balaban J connectivity index is 2.46. The molecule has 0 fully saturated rings. The topological polar surface area (TPSA) is 75.7 Å². The molecule has 3 N–H and O–H groups in total. The van der Waals surface area contributed by atoms with Gasteiger partial charge in [0.2, 0.25) is 5.84 Å². The molecule has 0 aliphatic carbocycles. The third-order valence-electron chi connectivity index (χ3n) is 3.59. The molecule has 5 nitrogen and oxygen atoms in total. The Morgan fingerprint density at radius 1 is 1.40 bits per heavy atom. The van der Waals surface area contributed by atoms with Gasteiger partial charge in [-0.15, -0.1) is 6.58 Å². The quantitative estimate of drug-likeness (QED) is 0.346. The number of aliphatic carboxylic acids is 1. The van der Waals surface area contributed by atoms with Gasteiger partial charge in [-0.2, -0.15) is 0 Å². The van der Waals surface area contributed by atoms with E-state index in [9.17, 15) is 4.79 Å². The third-order valence-corrected chi connectivity index (χ3v) is 3.59. The Bertz CT molecular complexity index is 391. The van der Waals surface area contributed by atoms with Gasteiger partial charge in [0.25, 0.3) is 0 Å². The summed E-state index contributed by atoms with van der Waals surface area (Å²) < 4.78 is 0.290. The summed E-state index contributed by atoms with van der Waals surface area (Å²) in [7, 11) is 0. The summed E-state index contributed by atoms with van der Waals surface area (Å²) in [4.78, 5) is 15.4. The second-order valence-corrected chi connectivity index (χ2v) is 5.18.